The van der Waals surface area contributed by atoms with E-state index in [0.717, 1.165) is 11.1 Å². The highest BCUT2D eigenvalue weighted by Gasteiger charge is 2.19. The zero-order valence-electron chi connectivity index (χ0n) is 22.5. The third-order valence-electron chi connectivity index (χ3n) is 5.45. The Kier molecular flexibility index (Phi) is 8.94. The molecule has 0 spiro atoms. The fourth-order valence-electron chi connectivity index (χ4n) is 3.74. The van der Waals surface area contributed by atoms with Crippen LogP contribution < -0.4 is 0 Å². The van der Waals surface area contributed by atoms with Crippen molar-refractivity contribution in [3.05, 3.63) is 120 Å². The van der Waals surface area contributed by atoms with Gasteiger partial charge in [0.2, 0.25) is 21.6 Å². The van der Waals surface area contributed by atoms with Crippen molar-refractivity contribution in [1.29, 1.82) is 0 Å². The number of benzene rings is 4. The third kappa shape index (κ3) is 7.42. The summed E-state index contributed by atoms with van der Waals surface area (Å²) < 4.78 is 39.2. The number of sulfone groups is 1. The summed E-state index contributed by atoms with van der Waals surface area (Å²) in [5.41, 5.74) is 2.56. The van der Waals surface area contributed by atoms with Gasteiger partial charge in [-0.15, -0.1) is 0 Å². The van der Waals surface area contributed by atoms with Crippen LogP contribution in [0.1, 0.15) is 38.8 Å². The van der Waals surface area contributed by atoms with E-state index in [2.05, 4.69) is 9.98 Å². The topological polar surface area (TPSA) is 77.3 Å². The van der Waals surface area contributed by atoms with Gasteiger partial charge in [0.25, 0.3) is 0 Å². The van der Waals surface area contributed by atoms with Gasteiger partial charge >= 0.3 is 0 Å². The molecule has 6 nitrogen and oxygen atoms in total. The standard InChI is InChI=1S/C32H32N2O4S/c1-23(2)37-31(25-13-7-5-8-14-25)33-27-17-11-19-29(21-27)39(35,36)30-20-12-18-28(22-30)34-32(38-24(3)4)26-15-9-6-10-16-26/h5-24H,1-4H3. The molecule has 0 unspecified atom stereocenters. The molecule has 200 valence electrons. The van der Waals surface area contributed by atoms with Crippen LogP contribution in [0.2, 0.25) is 0 Å². The smallest absolute Gasteiger partial charge is 0.221 e. The molecule has 0 aliphatic carbocycles. The molecule has 4 aromatic carbocycles. The van der Waals surface area contributed by atoms with Crippen molar-refractivity contribution in [3.8, 4) is 0 Å². The molecule has 0 heterocycles. The lowest BCUT2D eigenvalue weighted by molar-refractivity contribution is 0.229. The average molecular weight is 541 g/mol. The molecule has 0 radical (unpaired) electrons. The summed E-state index contributed by atoms with van der Waals surface area (Å²) in [7, 11) is -3.85. The minimum Gasteiger partial charge on any atom is -0.475 e. The highest BCUT2D eigenvalue weighted by atomic mass is 32.2. The van der Waals surface area contributed by atoms with Crippen LogP contribution in [-0.4, -0.2) is 32.4 Å². The molecule has 0 saturated heterocycles. The number of rotatable bonds is 8. The SMILES string of the molecule is CC(C)OC(=Nc1cccc(S(=O)(=O)c2cccc(N=C(OC(C)C)c3ccccc3)c2)c1)c1ccccc1. The maximum atomic E-state index is 13.6. The van der Waals surface area contributed by atoms with Gasteiger partial charge in [-0.3, -0.25) is 0 Å². The summed E-state index contributed by atoms with van der Waals surface area (Å²) in [4.78, 5) is 9.55. The van der Waals surface area contributed by atoms with E-state index in [1.54, 1.807) is 48.5 Å². The van der Waals surface area contributed by atoms with E-state index in [0.29, 0.717) is 23.2 Å². The van der Waals surface area contributed by atoms with Gasteiger partial charge in [0.1, 0.15) is 0 Å². The fraction of sp³-hybridized carbons (Fsp3) is 0.188. The molecule has 0 aliphatic rings. The lowest BCUT2D eigenvalue weighted by atomic mass is 10.2. The molecule has 0 saturated carbocycles. The Balaban J connectivity index is 1.70. The second-order valence-electron chi connectivity index (χ2n) is 9.40. The van der Waals surface area contributed by atoms with E-state index >= 15 is 0 Å². The number of aliphatic imine (C=N–C) groups is 2. The molecule has 7 heteroatoms. The second kappa shape index (κ2) is 12.5. The van der Waals surface area contributed by atoms with Gasteiger partial charge in [-0.2, -0.15) is 0 Å². The molecule has 0 bridgehead atoms. The van der Waals surface area contributed by atoms with E-state index < -0.39 is 9.84 Å². The summed E-state index contributed by atoms with van der Waals surface area (Å²) in [6.07, 6.45) is -0.195. The molecular formula is C32H32N2O4S. The van der Waals surface area contributed by atoms with Crippen LogP contribution in [0.3, 0.4) is 0 Å². The monoisotopic (exact) mass is 540 g/mol. The highest BCUT2D eigenvalue weighted by Crippen LogP contribution is 2.28. The Bertz CT molecular complexity index is 1450. The van der Waals surface area contributed by atoms with Crippen molar-refractivity contribution >= 4 is 33.0 Å². The predicted octanol–water partition coefficient (Wildman–Crippen LogP) is 7.53. The third-order valence-corrected chi connectivity index (χ3v) is 7.20. The number of hydrogen-bond acceptors (Lipinski definition) is 6. The Labute approximate surface area is 230 Å². The van der Waals surface area contributed by atoms with E-state index in [1.807, 2.05) is 88.4 Å². The largest absolute Gasteiger partial charge is 0.475 e. The zero-order valence-corrected chi connectivity index (χ0v) is 23.3. The summed E-state index contributed by atoms with van der Waals surface area (Å²) >= 11 is 0. The first-order chi connectivity index (χ1) is 18.7. The molecular weight excluding hydrogens is 508 g/mol. The van der Waals surface area contributed by atoms with Crippen molar-refractivity contribution in [2.45, 2.75) is 49.7 Å². The van der Waals surface area contributed by atoms with E-state index in [4.69, 9.17) is 9.47 Å². The number of ether oxygens (including phenoxy) is 2. The minimum absolute atomic E-state index is 0.0976. The van der Waals surface area contributed by atoms with E-state index in [9.17, 15) is 8.42 Å². The minimum atomic E-state index is -3.85. The van der Waals surface area contributed by atoms with Crippen LogP contribution in [0.15, 0.2) is 129 Å². The van der Waals surface area contributed by atoms with Gasteiger partial charge in [-0.25, -0.2) is 18.4 Å². The molecule has 4 rings (SSSR count). The first kappa shape index (κ1) is 27.8. The molecule has 0 aliphatic heterocycles. The lowest BCUT2D eigenvalue weighted by Gasteiger charge is -2.13. The van der Waals surface area contributed by atoms with Gasteiger partial charge in [0.15, 0.2) is 0 Å². The van der Waals surface area contributed by atoms with E-state index in [1.165, 1.54) is 0 Å². The molecule has 39 heavy (non-hydrogen) atoms. The predicted molar refractivity (Wildman–Crippen MR) is 156 cm³/mol. The normalized spacial score (nSPS) is 12.6. The van der Waals surface area contributed by atoms with Gasteiger partial charge < -0.3 is 9.47 Å². The lowest BCUT2D eigenvalue weighted by Crippen LogP contribution is -2.12. The van der Waals surface area contributed by atoms with E-state index in [-0.39, 0.29) is 22.0 Å². The van der Waals surface area contributed by atoms with Gasteiger partial charge in [-0.1, -0.05) is 48.5 Å². The molecule has 0 aromatic heterocycles. The number of hydrogen-bond donors (Lipinski definition) is 0. The van der Waals surface area contributed by atoms with Crippen LogP contribution >= 0.6 is 0 Å². The Morgan fingerprint density at radius 1 is 0.564 bits per heavy atom. The van der Waals surface area contributed by atoms with Crippen molar-refractivity contribution in [3.63, 3.8) is 0 Å². The second-order valence-corrected chi connectivity index (χ2v) is 11.3. The molecule has 4 aromatic rings. The molecule has 0 fully saturated rings. The zero-order chi connectivity index (χ0) is 27.8. The first-order valence-electron chi connectivity index (χ1n) is 12.8. The van der Waals surface area contributed by atoms with Gasteiger partial charge in [0, 0.05) is 11.1 Å². The van der Waals surface area contributed by atoms with Crippen molar-refractivity contribution < 1.29 is 17.9 Å². The Morgan fingerprint density at radius 3 is 1.31 bits per heavy atom. The van der Waals surface area contributed by atoms with Crippen LogP contribution in [0.4, 0.5) is 11.4 Å². The molecule has 0 N–H and O–H groups in total. The van der Waals surface area contributed by atoms with Crippen molar-refractivity contribution in [2.24, 2.45) is 9.98 Å². The average Bonchev–Trinajstić information content (AvgIpc) is 2.93. The van der Waals surface area contributed by atoms with Gasteiger partial charge in [-0.05, 0) is 88.4 Å². The summed E-state index contributed by atoms with van der Waals surface area (Å²) in [5, 5.41) is 0. The highest BCUT2D eigenvalue weighted by molar-refractivity contribution is 7.91. The van der Waals surface area contributed by atoms with Crippen LogP contribution in [-0.2, 0) is 19.3 Å². The molecule has 0 atom stereocenters. The van der Waals surface area contributed by atoms with Crippen LogP contribution in [0, 0.1) is 0 Å². The Hall–Kier alpha value is -4.23. The maximum absolute atomic E-state index is 13.6. The quantitative estimate of drug-likeness (QED) is 0.171. The van der Waals surface area contributed by atoms with Gasteiger partial charge in [0.05, 0.1) is 33.4 Å². The fourth-order valence-corrected chi connectivity index (χ4v) is 5.08. The summed E-state index contributed by atoms with van der Waals surface area (Å²) in [5.74, 6) is 0.852. The summed E-state index contributed by atoms with van der Waals surface area (Å²) in [6, 6.07) is 32.1. The van der Waals surface area contributed by atoms with Crippen molar-refractivity contribution in [1.82, 2.24) is 0 Å². The van der Waals surface area contributed by atoms with Crippen LogP contribution in [0.5, 0.6) is 0 Å². The van der Waals surface area contributed by atoms with Crippen molar-refractivity contribution in [2.75, 3.05) is 0 Å². The number of nitrogens with zero attached hydrogens (tertiary/aromatic N) is 2. The maximum Gasteiger partial charge on any atom is 0.221 e. The Morgan fingerprint density at radius 2 is 0.949 bits per heavy atom. The first-order valence-corrected chi connectivity index (χ1v) is 14.3. The molecule has 0 amide bonds. The summed E-state index contributed by atoms with van der Waals surface area (Å²) in [6.45, 7) is 7.68. The van der Waals surface area contributed by atoms with Crippen LogP contribution in [0.25, 0.3) is 0 Å².